The fraction of sp³-hybridized carbons (Fsp3) is 0.722. The molecule has 236 valence electrons. The second-order valence-corrected chi connectivity index (χ2v) is 11.1. The third-order valence-corrected chi connectivity index (χ3v) is 7.24. The smallest absolute Gasteiger partial charge is 0.373 e. The molecule has 0 fully saturated rings. The van der Waals surface area contributed by atoms with Crippen molar-refractivity contribution in [1.82, 2.24) is 0 Å². The van der Waals surface area contributed by atoms with Gasteiger partial charge in [0, 0.05) is 6.42 Å². The average molecular weight is 575 g/mol. The van der Waals surface area contributed by atoms with Gasteiger partial charge in [0.1, 0.15) is 0 Å². The molecule has 1 rings (SSSR count). The zero-order valence-corrected chi connectivity index (χ0v) is 26.8. The van der Waals surface area contributed by atoms with Crippen LogP contribution < -0.4 is 0 Å². The molecule has 0 bridgehead atoms. The number of hydrogen-bond acceptors (Lipinski definition) is 4. The lowest BCUT2D eigenvalue weighted by Gasteiger charge is -2.07. The average Bonchev–Trinajstić information content (AvgIpc) is 2.98. The number of unbranched alkanes of at least 4 members (excludes halogenated alkanes) is 19. The van der Waals surface area contributed by atoms with Gasteiger partial charge < -0.3 is 14.6 Å². The fourth-order valence-electron chi connectivity index (χ4n) is 4.67. The van der Waals surface area contributed by atoms with Crippen LogP contribution in [0.2, 0.25) is 0 Å². The molecule has 0 aliphatic rings. The molecule has 5 nitrogen and oxygen atoms in total. The van der Waals surface area contributed by atoms with Crippen molar-refractivity contribution in [3.8, 4) is 0 Å². The molecule has 0 saturated heterocycles. The number of aliphatic carboxylic acids is 1. The van der Waals surface area contributed by atoms with E-state index in [2.05, 4.69) is 13.8 Å². The highest BCUT2D eigenvalue weighted by molar-refractivity contribution is 5.91. The summed E-state index contributed by atoms with van der Waals surface area (Å²) in [6, 6.07) is 9.60. The molecule has 5 heteroatoms. The van der Waals surface area contributed by atoms with Crippen LogP contribution in [0.3, 0.4) is 0 Å². The van der Waals surface area contributed by atoms with Gasteiger partial charge in [0.05, 0.1) is 13.7 Å². The van der Waals surface area contributed by atoms with Gasteiger partial charge >= 0.3 is 11.9 Å². The van der Waals surface area contributed by atoms with E-state index in [4.69, 9.17) is 14.6 Å². The first-order valence-corrected chi connectivity index (χ1v) is 16.7. The summed E-state index contributed by atoms with van der Waals surface area (Å²) in [5.74, 6) is -0.804. The number of carboxylic acid groups (broad SMARTS) is 1. The van der Waals surface area contributed by atoms with Crippen LogP contribution in [-0.4, -0.2) is 30.8 Å². The fourth-order valence-corrected chi connectivity index (χ4v) is 4.67. The van der Waals surface area contributed by atoms with Crippen molar-refractivity contribution in [1.29, 1.82) is 0 Å². The van der Waals surface area contributed by atoms with E-state index in [0.29, 0.717) is 13.0 Å². The van der Waals surface area contributed by atoms with E-state index < -0.39 is 11.9 Å². The summed E-state index contributed by atoms with van der Waals surface area (Å²) in [4.78, 5) is 22.2. The number of esters is 1. The minimum atomic E-state index is -0.653. The van der Waals surface area contributed by atoms with Gasteiger partial charge in [-0.15, -0.1) is 0 Å². The van der Waals surface area contributed by atoms with E-state index >= 15 is 0 Å². The highest BCUT2D eigenvalue weighted by Crippen LogP contribution is 2.14. The lowest BCUT2D eigenvalue weighted by Crippen LogP contribution is -2.10. The molecule has 0 saturated carbocycles. The molecule has 41 heavy (non-hydrogen) atoms. The summed E-state index contributed by atoms with van der Waals surface area (Å²) in [5.41, 5.74) is 0.922. The minimum Gasteiger partial charge on any atom is -0.490 e. The summed E-state index contributed by atoms with van der Waals surface area (Å²) in [6.07, 6.45) is 28.9. The molecule has 0 heterocycles. The van der Waals surface area contributed by atoms with Gasteiger partial charge in [0.25, 0.3) is 0 Å². The Morgan fingerprint density at radius 3 is 1.46 bits per heavy atom. The van der Waals surface area contributed by atoms with E-state index in [1.807, 2.05) is 30.3 Å². The van der Waals surface area contributed by atoms with Crippen molar-refractivity contribution in [2.75, 3.05) is 13.7 Å². The zero-order chi connectivity index (χ0) is 30.2. The lowest BCUT2D eigenvalue weighted by molar-refractivity contribution is -0.142. The number of carbonyl (C=O) groups excluding carboxylic acids is 1. The first kappa shape index (κ1) is 38.7. The van der Waals surface area contributed by atoms with Crippen LogP contribution in [-0.2, 0) is 19.1 Å². The van der Waals surface area contributed by atoms with Crippen LogP contribution in [0, 0.1) is 0 Å². The number of ether oxygens (including phenoxy) is 2. The maximum Gasteiger partial charge on any atom is 0.373 e. The maximum absolute atomic E-state index is 11.9. The summed E-state index contributed by atoms with van der Waals surface area (Å²) in [6.45, 7) is 4.93. The van der Waals surface area contributed by atoms with Gasteiger partial charge in [-0.3, -0.25) is 4.79 Å². The van der Waals surface area contributed by atoms with E-state index in [1.165, 1.54) is 116 Å². The molecule has 1 N–H and O–H groups in total. The molecule has 1 aromatic carbocycles. The monoisotopic (exact) mass is 574 g/mol. The maximum atomic E-state index is 11.9. The Morgan fingerprint density at radius 1 is 0.634 bits per heavy atom. The number of rotatable bonds is 26. The van der Waals surface area contributed by atoms with Crippen molar-refractivity contribution in [2.24, 2.45) is 0 Å². The van der Waals surface area contributed by atoms with E-state index in [9.17, 15) is 9.59 Å². The molecule has 0 aliphatic carbocycles. The van der Waals surface area contributed by atoms with E-state index in [1.54, 1.807) is 6.08 Å². The molecule has 0 aromatic heterocycles. The third-order valence-electron chi connectivity index (χ3n) is 7.24. The molecule has 0 atom stereocenters. The lowest BCUT2D eigenvalue weighted by atomic mass is 10.0. The van der Waals surface area contributed by atoms with Crippen LogP contribution in [0.15, 0.2) is 36.1 Å². The van der Waals surface area contributed by atoms with Gasteiger partial charge in [-0.05, 0) is 24.5 Å². The Labute approximate surface area is 252 Å². The molecular formula is C36H62O5. The van der Waals surface area contributed by atoms with Gasteiger partial charge in [-0.1, -0.05) is 166 Å². The highest BCUT2D eigenvalue weighted by Gasteiger charge is 2.11. The number of carboxylic acids is 1. The van der Waals surface area contributed by atoms with Gasteiger partial charge in [-0.2, -0.15) is 0 Å². The molecule has 0 amide bonds. The molecule has 0 radical (unpaired) electrons. The quantitative estimate of drug-likeness (QED) is 0.0515. The number of hydrogen-bond donors (Lipinski definition) is 1. The van der Waals surface area contributed by atoms with Crippen molar-refractivity contribution in [3.05, 3.63) is 41.7 Å². The normalized spacial score (nSPS) is 11.0. The SMILES string of the molecule is CCCCCCCCCCCCCCCCCC(=O)O.CCCCCCCCOC(=O)C(=Cc1ccccc1)OC. The number of methoxy groups -OCH3 is 1. The van der Waals surface area contributed by atoms with Crippen LogP contribution in [0.1, 0.15) is 161 Å². The molecule has 0 spiro atoms. The number of benzene rings is 1. The predicted octanol–water partition coefficient (Wildman–Crippen LogP) is 10.9. The zero-order valence-electron chi connectivity index (χ0n) is 26.8. The largest absolute Gasteiger partial charge is 0.490 e. The van der Waals surface area contributed by atoms with Crippen molar-refractivity contribution in [3.63, 3.8) is 0 Å². The first-order valence-electron chi connectivity index (χ1n) is 16.7. The number of carbonyl (C=O) groups is 2. The summed E-state index contributed by atoms with van der Waals surface area (Å²) >= 11 is 0. The third kappa shape index (κ3) is 27.6. The van der Waals surface area contributed by atoms with Gasteiger partial charge in [-0.25, -0.2) is 4.79 Å². The van der Waals surface area contributed by atoms with E-state index in [0.717, 1.165) is 31.2 Å². The first-order chi connectivity index (χ1) is 20.0. The van der Waals surface area contributed by atoms with Crippen molar-refractivity contribution >= 4 is 18.0 Å². The summed E-state index contributed by atoms with van der Waals surface area (Å²) < 4.78 is 10.4. The topological polar surface area (TPSA) is 72.8 Å². The predicted molar refractivity (Wildman–Crippen MR) is 173 cm³/mol. The van der Waals surface area contributed by atoms with Gasteiger partial charge in [0.2, 0.25) is 5.76 Å². The second kappa shape index (κ2) is 30.7. The summed E-state index contributed by atoms with van der Waals surface area (Å²) in [7, 11) is 1.49. The Kier molecular flexibility index (Phi) is 28.9. The van der Waals surface area contributed by atoms with E-state index in [-0.39, 0.29) is 5.76 Å². The Hall–Kier alpha value is -2.30. The summed E-state index contributed by atoms with van der Waals surface area (Å²) in [5, 5.41) is 8.52. The standard InChI is InChI=1S/C18H26O3.C18H36O2/c1-3-4-5-6-7-11-14-21-18(19)17(20-2)15-16-12-9-8-10-13-16;1-2-3-4-5-6-7-8-9-10-11-12-13-14-15-16-17-18(19)20/h8-10,12-13,15H,3-7,11,14H2,1-2H3;2-17H2,1H3,(H,19,20). The minimum absolute atomic E-state index is 0.243. The van der Waals surface area contributed by atoms with Crippen molar-refractivity contribution in [2.45, 2.75) is 155 Å². The van der Waals surface area contributed by atoms with Gasteiger partial charge in [0.15, 0.2) is 0 Å². The van der Waals surface area contributed by atoms with Crippen LogP contribution >= 0.6 is 0 Å². The van der Waals surface area contributed by atoms with Crippen molar-refractivity contribution < 1.29 is 24.2 Å². The van der Waals surface area contributed by atoms with Crippen LogP contribution in [0.5, 0.6) is 0 Å². The Bertz CT molecular complexity index is 744. The Morgan fingerprint density at radius 2 is 1.05 bits per heavy atom. The second-order valence-electron chi connectivity index (χ2n) is 11.1. The molecule has 0 aliphatic heterocycles. The Balaban J connectivity index is 0.000000782. The molecular weight excluding hydrogens is 512 g/mol. The molecule has 1 aromatic rings. The van der Waals surface area contributed by atoms with Crippen LogP contribution in [0.4, 0.5) is 0 Å². The highest BCUT2D eigenvalue weighted by atomic mass is 16.6. The van der Waals surface area contributed by atoms with Crippen LogP contribution in [0.25, 0.3) is 6.08 Å². The molecule has 0 unspecified atom stereocenters.